The quantitative estimate of drug-likeness (QED) is 0.793. The van der Waals surface area contributed by atoms with Crippen LogP contribution in [-0.2, 0) is 4.74 Å². The van der Waals surface area contributed by atoms with Crippen molar-refractivity contribution in [1.82, 2.24) is 9.55 Å². The maximum Gasteiger partial charge on any atom is 0.358 e. The van der Waals surface area contributed by atoms with E-state index in [0.29, 0.717) is 23.2 Å². The monoisotopic (exact) mass is 242 g/mol. The van der Waals surface area contributed by atoms with Crippen molar-refractivity contribution in [1.29, 1.82) is 0 Å². The highest BCUT2D eigenvalue weighted by Crippen LogP contribution is 2.39. The number of ether oxygens (including phenoxy) is 1. The van der Waals surface area contributed by atoms with Crippen molar-refractivity contribution in [3.05, 3.63) is 11.4 Å². The number of rotatable bonds is 2. The van der Waals surface area contributed by atoms with Gasteiger partial charge in [-0.25, -0.2) is 9.78 Å². The van der Waals surface area contributed by atoms with Gasteiger partial charge in [0, 0.05) is 0 Å². The predicted octanol–water partition coefficient (Wildman–Crippen LogP) is 1.35. The number of carbonyl (C=O) groups is 1. The Kier molecular flexibility index (Phi) is 2.94. The topological polar surface area (TPSA) is 64.3 Å². The molecule has 0 saturated carbocycles. The number of hydrogen-bond acceptors (Lipinski definition) is 5. The molecule has 1 aromatic heterocycles. The van der Waals surface area contributed by atoms with Gasteiger partial charge in [0.15, 0.2) is 10.9 Å². The third-order valence-electron chi connectivity index (χ3n) is 2.56. The van der Waals surface area contributed by atoms with E-state index in [4.69, 9.17) is 4.74 Å². The molecule has 1 N–H and O–H groups in total. The lowest BCUT2D eigenvalue weighted by molar-refractivity contribution is 0.0518. The highest BCUT2D eigenvalue weighted by Gasteiger charge is 2.34. The van der Waals surface area contributed by atoms with Gasteiger partial charge in [0.1, 0.15) is 6.23 Å². The van der Waals surface area contributed by atoms with Gasteiger partial charge in [0.2, 0.25) is 0 Å². The summed E-state index contributed by atoms with van der Waals surface area (Å²) >= 11 is 1.46. The molecule has 0 bridgehead atoms. The van der Waals surface area contributed by atoms with Crippen LogP contribution < -0.4 is 0 Å². The smallest absolute Gasteiger partial charge is 0.358 e. The number of nitrogens with zero attached hydrogens (tertiary/aromatic N) is 2. The average molecular weight is 242 g/mol. The summed E-state index contributed by atoms with van der Waals surface area (Å²) in [5, 5.41) is 10.7. The molecule has 0 aromatic carbocycles. The predicted molar refractivity (Wildman–Crippen MR) is 59.5 cm³/mol. The van der Waals surface area contributed by atoms with E-state index in [1.807, 2.05) is 6.92 Å². The van der Waals surface area contributed by atoms with Crippen LogP contribution in [0.15, 0.2) is 5.16 Å². The minimum Gasteiger partial charge on any atom is -0.461 e. The molecule has 0 fully saturated rings. The van der Waals surface area contributed by atoms with Gasteiger partial charge in [-0.05, 0) is 20.8 Å². The standard InChI is InChI=1S/C10H14N2O3S/c1-4-15-9(14)7-5(2)12-8(13)6(3)16-10(12)11-7/h6,8,13H,4H2,1-3H3/t6-,8-/m1/s1. The van der Waals surface area contributed by atoms with Crippen LogP contribution in [0.25, 0.3) is 0 Å². The molecule has 2 heterocycles. The summed E-state index contributed by atoms with van der Waals surface area (Å²) < 4.78 is 6.58. The number of fused-ring (bicyclic) bond motifs is 1. The Bertz CT molecular complexity index is 430. The van der Waals surface area contributed by atoms with E-state index < -0.39 is 12.2 Å². The van der Waals surface area contributed by atoms with Gasteiger partial charge < -0.3 is 9.84 Å². The maximum atomic E-state index is 11.6. The van der Waals surface area contributed by atoms with Gasteiger partial charge >= 0.3 is 5.97 Å². The second-order valence-corrected chi connectivity index (χ2v) is 5.00. The fourth-order valence-corrected chi connectivity index (χ4v) is 2.79. The number of thioether (sulfide) groups is 1. The van der Waals surface area contributed by atoms with E-state index in [2.05, 4.69) is 4.98 Å². The average Bonchev–Trinajstić information content (AvgIpc) is 2.68. The Hall–Kier alpha value is -1.01. The van der Waals surface area contributed by atoms with Crippen LogP contribution in [0.5, 0.6) is 0 Å². The van der Waals surface area contributed by atoms with Gasteiger partial charge in [-0.3, -0.25) is 4.57 Å². The normalized spacial score (nSPS) is 23.2. The highest BCUT2D eigenvalue weighted by molar-refractivity contribution is 8.00. The summed E-state index contributed by atoms with van der Waals surface area (Å²) in [6, 6.07) is 0. The van der Waals surface area contributed by atoms with Crippen LogP contribution in [0.1, 0.15) is 36.3 Å². The van der Waals surface area contributed by atoms with Gasteiger partial charge in [-0.15, -0.1) is 0 Å². The van der Waals surface area contributed by atoms with Crippen molar-refractivity contribution >= 4 is 17.7 Å². The number of aromatic nitrogens is 2. The van der Waals surface area contributed by atoms with Crippen LogP contribution in [0.3, 0.4) is 0 Å². The summed E-state index contributed by atoms with van der Waals surface area (Å²) in [6.07, 6.45) is -0.615. The largest absolute Gasteiger partial charge is 0.461 e. The van der Waals surface area contributed by atoms with E-state index in [1.54, 1.807) is 18.4 Å². The van der Waals surface area contributed by atoms with Crippen molar-refractivity contribution in [3.8, 4) is 0 Å². The lowest BCUT2D eigenvalue weighted by atomic mass is 10.3. The molecular formula is C10H14N2O3S. The van der Waals surface area contributed by atoms with Crippen molar-refractivity contribution in [2.45, 2.75) is 37.4 Å². The van der Waals surface area contributed by atoms with Crippen molar-refractivity contribution in [2.24, 2.45) is 0 Å². The molecule has 0 saturated heterocycles. The summed E-state index contributed by atoms with van der Waals surface area (Å²) in [7, 11) is 0. The number of esters is 1. The Balaban J connectivity index is 2.36. The Labute approximate surface area is 97.8 Å². The molecule has 88 valence electrons. The summed E-state index contributed by atoms with van der Waals surface area (Å²) in [6.45, 7) is 5.77. The first-order valence-electron chi connectivity index (χ1n) is 5.17. The van der Waals surface area contributed by atoms with Crippen LogP contribution in [-0.4, -0.2) is 32.5 Å². The first kappa shape index (κ1) is 11.5. The first-order valence-corrected chi connectivity index (χ1v) is 6.05. The molecule has 1 aliphatic heterocycles. The highest BCUT2D eigenvalue weighted by atomic mass is 32.2. The molecule has 2 atom stereocenters. The Morgan fingerprint density at radius 2 is 2.38 bits per heavy atom. The SMILES string of the molecule is CCOC(=O)c1nc2n(c1C)[C@H](O)[C@@H](C)S2. The lowest BCUT2D eigenvalue weighted by Gasteiger charge is -2.11. The van der Waals surface area contributed by atoms with Crippen molar-refractivity contribution in [2.75, 3.05) is 6.61 Å². The molecule has 5 nitrogen and oxygen atoms in total. The maximum absolute atomic E-state index is 11.6. The van der Waals surface area contributed by atoms with Crippen LogP contribution >= 0.6 is 11.8 Å². The molecule has 0 unspecified atom stereocenters. The number of aliphatic hydroxyl groups is 1. The van der Waals surface area contributed by atoms with E-state index >= 15 is 0 Å². The molecule has 0 spiro atoms. The lowest BCUT2D eigenvalue weighted by Crippen LogP contribution is -2.15. The molecule has 0 aliphatic carbocycles. The minimum atomic E-state index is -0.615. The van der Waals surface area contributed by atoms with E-state index in [9.17, 15) is 9.90 Å². The van der Waals surface area contributed by atoms with Crippen LogP contribution in [0.2, 0.25) is 0 Å². The fraction of sp³-hybridized carbons (Fsp3) is 0.600. The second-order valence-electron chi connectivity index (χ2n) is 3.66. The molecule has 2 rings (SSSR count). The van der Waals surface area contributed by atoms with E-state index in [-0.39, 0.29) is 5.25 Å². The molecule has 0 radical (unpaired) electrons. The number of imidazole rings is 1. The zero-order valence-electron chi connectivity index (χ0n) is 9.43. The summed E-state index contributed by atoms with van der Waals surface area (Å²) in [5.41, 5.74) is 0.966. The first-order chi connectivity index (χ1) is 7.56. The molecule has 6 heteroatoms. The fourth-order valence-electron chi connectivity index (χ4n) is 1.71. The van der Waals surface area contributed by atoms with Gasteiger partial charge in [0.05, 0.1) is 17.6 Å². The Morgan fingerprint density at radius 3 is 2.94 bits per heavy atom. The van der Waals surface area contributed by atoms with Crippen LogP contribution in [0, 0.1) is 6.92 Å². The molecular weight excluding hydrogens is 228 g/mol. The second kappa shape index (κ2) is 4.10. The third kappa shape index (κ3) is 1.62. The third-order valence-corrected chi connectivity index (χ3v) is 3.68. The number of hydrogen-bond donors (Lipinski definition) is 1. The molecule has 1 aliphatic rings. The van der Waals surface area contributed by atoms with Crippen LogP contribution in [0.4, 0.5) is 0 Å². The van der Waals surface area contributed by atoms with Gasteiger partial charge in [0.25, 0.3) is 0 Å². The Morgan fingerprint density at radius 1 is 1.69 bits per heavy atom. The molecule has 1 aromatic rings. The van der Waals surface area contributed by atoms with Gasteiger partial charge in [-0.2, -0.15) is 0 Å². The zero-order chi connectivity index (χ0) is 11.9. The van der Waals surface area contributed by atoms with Crippen molar-refractivity contribution < 1.29 is 14.6 Å². The summed E-state index contributed by atoms with van der Waals surface area (Å²) in [5.74, 6) is -0.428. The molecule has 0 amide bonds. The minimum absolute atomic E-state index is 0.0671. The van der Waals surface area contributed by atoms with Gasteiger partial charge in [-0.1, -0.05) is 11.8 Å². The summed E-state index contributed by atoms with van der Waals surface area (Å²) in [4.78, 5) is 15.8. The van der Waals surface area contributed by atoms with Crippen molar-refractivity contribution in [3.63, 3.8) is 0 Å². The number of aliphatic hydroxyl groups excluding tert-OH is 1. The van der Waals surface area contributed by atoms with E-state index in [0.717, 1.165) is 0 Å². The number of carbonyl (C=O) groups excluding carboxylic acids is 1. The molecule has 16 heavy (non-hydrogen) atoms. The van der Waals surface area contributed by atoms with E-state index in [1.165, 1.54) is 11.8 Å². The zero-order valence-corrected chi connectivity index (χ0v) is 10.2.